The quantitative estimate of drug-likeness (QED) is 0.438. The van der Waals surface area contributed by atoms with Crippen molar-refractivity contribution < 1.29 is 4.74 Å². The molecule has 0 fully saturated rings. The standard InChI is InChI=1S/C15H22BrClO/c1-4-5-6-7-8-14(17)12-10-13(16)11(2)9-15(12)18-3/h9-10,14H,4-8H2,1-3H3. The minimum absolute atomic E-state index is 0.0358. The van der Waals surface area contributed by atoms with E-state index in [9.17, 15) is 0 Å². The average Bonchev–Trinajstić information content (AvgIpc) is 2.37. The van der Waals surface area contributed by atoms with E-state index in [1.165, 1.54) is 31.2 Å². The van der Waals surface area contributed by atoms with Gasteiger partial charge < -0.3 is 4.74 Å². The summed E-state index contributed by atoms with van der Waals surface area (Å²) >= 11 is 10.0. The summed E-state index contributed by atoms with van der Waals surface area (Å²) in [5.74, 6) is 0.895. The van der Waals surface area contributed by atoms with Gasteiger partial charge >= 0.3 is 0 Å². The van der Waals surface area contributed by atoms with Gasteiger partial charge in [0, 0.05) is 10.0 Å². The molecule has 0 aliphatic heterocycles. The Morgan fingerprint density at radius 2 is 2.00 bits per heavy atom. The molecule has 0 heterocycles. The van der Waals surface area contributed by atoms with E-state index in [-0.39, 0.29) is 5.38 Å². The van der Waals surface area contributed by atoms with Crippen LogP contribution in [0.1, 0.15) is 55.5 Å². The lowest BCUT2D eigenvalue weighted by molar-refractivity contribution is 0.407. The first-order chi connectivity index (χ1) is 8.60. The second kappa shape index (κ2) is 8.06. The average molecular weight is 334 g/mol. The molecule has 1 aromatic rings. The molecule has 18 heavy (non-hydrogen) atoms. The van der Waals surface area contributed by atoms with Crippen LogP contribution in [0.5, 0.6) is 5.75 Å². The maximum absolute atomic E-state index is 6.49. The molecule has 1 atom stereocenters. The Kier molecular flexibility index (Phi) is 7.10. The van der Waals surface area contributed by atoms with Crippen molar-refractivity contribution in [2.24, 2.45) is 0 Å². The number of alkyl halides is 1. The second-order valence-electron chi connectivity index (χ2n) is 4.66. The van der Waals surface area contributed by atoms with Crippen molar-refractivity contribution in [1.82, 2.24) is 0 Å². The molecule has 0 spiro atoms. The van der Waals surface area contributed by atoms with Crippen molar-refractivity contribution in [1.29, 1.82) is 0 Å². The number of aryl methyl sites for hydroxylation is 1. The molecule has 0 amide bonds. The minimum Gasteiger partial charge on any atom is -0.496 e. The van der Waals surface area contributed by atoms with Crippen LogP contribution < -0.4 is 4.74 Å². The Morgan fingerprint density at radius 3 is 2.61 bits per heavy atom. The van der Waals surface area contributed by atoms with Crippen LogP contribution in [-0.4, -0.2) is 7.11 Å². The summed E-state index contributed by atoms with van der Waals surface area (Å²) in [6.45, 7) is 4.28. The van der Waals surface area contributed by atoms with Crippen LogP contribution in [-0.2, 0) is 0 Å². The van der Waals surface area contributed by atoms with Crippen molar-refractivity contribution in [3.63, 3.8) is 0 Å². The van der Waals surface area contributed by atoms with E-state index in [0.717, 1.165) is 22.2 Å². The fourth-order valence-electron chi connectivity index (χ4n) is 2.00. The molecule has 1 unspecified atom stereocenters. The Bertz CT molecular complexity index is 379. The highest BCUT2D eigenvalue weighted by atomic mass is 79.9. The Balaban J connectivity index is 2.71. The van der Waals surface area contributed by atoms with Crippen LogP contribution in [0.15, 0.2) is 16.6 Å². The Labute approximate surface area is 124 Å². The van der Waals surface area contributed by atoms with Gasteiger partial charge in [-0.05, 0) is 31.0 Å². The van der Waals surface area contributed by atoms with Gasteiger partial charge in [-0.1, -0.05) is 48.5 Å². The summed E-state index contributed by atoms with van der Waals surface area (Å²) in [5, 5.41) is 0.0358. The summed E-state index contributed by atoms with van der Waals surface area (Å²) in [4.78, 5) is 0. The maximum atomic E-state index is 6.49. The summed E-state index contributed by atoms with van der Waals surface area (Å²) in [5.41, 5.74) is 2.26. The summed E-state index contributed by atoms with van der Waals surface area (Å²) in [6.07, 6.45) is 5.99. The Morgan fingerprint density at radius 1 is 1.28 bits per heavy atom. The molecule has 0 bridgehead atoms. The van der Waals surface area contributed by atoms with Gasteiger partial charge in [0.1, 0.15) is 5.75 Å². The molecule has 0 N–H and O–H groups in total. The molecule has 1 nitrogen and oxygen atoms in total. The molecule has 3 heteroatoms. The van der Waals surface area contributed by atoms with Crippen molar-refractivity contribution >= 4 is 27.5 Å². The number of unbranched alkanes of at least 4 members (excludes halogenated alkanes) is 3. The number of methoxy groups -OCH3 is 1. The van der Waals surface area contributed by atoms with Crippen LogP contribution in [0.2, 0.25) is 0 Å². The van der Waals surface area contributed by atoms with Crippen molar-refractivity contribution in [2.45, 2.75) is 51.3 Å². The molecule has 0 radical (unpaired) electrons. The number of halogens is 2. The number of hydrogen-bond donors (Lipinski definition) is 0. The molecule has 0 saturated heterocycles. The number of rotatable bonds is 7. The highest BCUT2D eigenvalue weighted by molar-refractivity contribution is 9.10. The second-order valence-corrected chi connectivity index (χ2v) is 6.04. The molecular weight excluding hydrogens is 312 g/mol. The van der Waals surface area contributed by atoms with Gasteiger partial charge in [-0.25, -0.2) is 0 Å². The molecule has 0 saturated carbocycles. The highest BCUT2D eigenvalue weighted by Crippen LogP contribution is 2.36. The zero-order valence-corrected chi connectivity index (χ0v) is 13.8. The third-order valence-corrected chi connectivity index (χ3v) is 4.47. The van der Waals surface area contributed by atoms with Crippen LogP contribution in [0.4, 0.5) is 0 Å². The van der Waals surface area contributed by atoms with Crippen LogP contribution >= 0.6 is 27.5 Å². The van der Waals surface area contributed by atoms with E-state index in [2.05, 4.69) is 35.8 Å². The van der Waals surface area contributed by atoms with Gasteiger partial charge in [0.2, 0.25) is 0 Å². The number of benzene rings is 1. The van der Waals surface area contributed by atoms with Gasteiger partial charge in [-0.3, -0.25) is 0 Å². The molecule has 0 aliphatic rings. The van der Waals surface area contributed by atoms with Crippen molar-refractivity contribution in [3.8, 4) is 5.75 Å². The third-order valence-electron chi connectivity index (χ3n) is 3.16. The van der Waals surface area contributed by atoms with E-state index in [1.54, 1.807) is 7.11 Å². The first-order valence-electron chi connectivity index (χ1n) is 6.58. The Hall–Kier alpha value is -0.210. The topological polar surface area (TPSA) is 9.23 Å². The van der Waals surface area contributed by atoms with E-state index in [0.29, 0.717) is 0 Å². The van der Waals surface area contributed by atoms with Gasteiger partial charge in [0.25, 0.3) is 0 Å². The van der Waals surface area contributed by atoms with Gasteiger partial charge in [-0.15, -0.1) is 11.6 Å². The first-order valence-corrected chi connectivity index (χ1v) is 7.81. The fraction of sp³-hybridized carbons (Fsp3) is 0.600. The zero-order valence-electron chi connectivity index (χ0n) is 11.4. The molecule has 1 aromatic carbocycles. The van der Waals surface area contributed by atoms with Gasteiger partial charge in [0.15, 0.2) is 0 Å². The van der Waals surface area contributed by atoms with Crippen LogP contribution in [0.3, 0.4) is 0 Å². The lowest BCUT2D eigenvalue weighted by Crippen LogP contribution is -1.97. The van der Waals surface area contributed by atoms with Gasteiger partial charge in [-0.2, -0.15) is 0 Å². The molecule has 102 valence electrons. The number of hydrogen-bond acceptors (Lipinski definition) is 1. The largest absolute Gasteiger partial charge is 0.496 e. The monoisotopic (exact) mass is 332 g/mol. The van der Waals surface area contributed by atoms with Crippen LogP contribution in [0.25, 0.3) is 0 Å². The summed E-state index contributed by atoms with van der Waals surface area (Å²) in [6, 6.07) is 4.13. The van der Waals surface area contributed by atoms with Crippen LogP contribution in [0, 0.1) is 6.92 Å². The molecule has 0 aliphatic carbocycles. The fourth-order valence-corrected chi connectivity index (χ4v) is 2.68. The zero-order chi connectivity index (χ0) is 13.5. The van der Waals surface area contributed by atoms with Crippen molar-refractivity contribution in [2.75, 3.05) is 7.11 Å². The first kappa shape index (κ1) is 15.8. The van der Waals surface area contributed by atoms with Crippen molar-refractivity contribution in [3.05, 3.63) is 27.7 Å². The molecular formula is C15H22BrClO. The lowest BCUT2D eigenvalue weighted by Gasteiger charge is -2.15. The smallest absolute Gasteiger partial charge is 0.123 e. The van der Waals surface area contributed by atoms with E-state index >= 15 is 0 Å². The lowest BCUT2D eigenvalue weighted by atomic mass is 10.0. The van der Waals surface area contributed by atoms with Gasteiger partial charge in [0.05, 0.1) is 12.5 Å². The minimum atomic E-state index is 0.0358. The third kappa shape index (κ3) is 4.47. The summed E-state index contributed by atoms with van der Waals surface area (Å²) in [7, 11) is 1.70. The van der Waals surface area contributed by atoms with E-state index in [4.69, 9.17) is 16.3 Å². The SMILES string of the molecule is CCCCCCC(Cl)c1cc(Br)c(C)cc1OC. The number of ether oxygens (including phenoxy) is 1. The summed E-state index contributed by atoms with van der Waals surface area (Å²) < 4.78 is 6.52. The predicted octanol–water partition coefficient (Wildman–Crippen LogP) is 6.02. The normalized spacial score (nSPS) is 12.5. The van der Waals surface area contributed by atoms with E-state index in [1.807, 2.05) is 6.07 Å². The molecule has 0 aromatic heterocycles. The predicted molar refractivity (Wildman–Crippen MR) is 82.8 cm³/mol. The van der Waals surface area contributed by atoms with E-state index < -0.39 is 0 Å². The highest BCUT2D eigenvalue weighted by Gasteiger charge is 2.15. The maximum Gasteiger partial charge on any atom is 0.123 e. The molecule has 1 rings (SSSR count).